The van der Waals surface area contributed by atoms with Crippen molar-refractivity contribution in [3.05, 3.63) is 64.7 Å². The molecule has 2 aromatic rings. The Morgan fingerprint density at radius 3 is 2.50 bits per heavy atom. The Morgan fingerprint density at radius 2 is 1.85 bits per heavy atom. The topological polar surface area (TPSA) is 52.9 Å². The van der Waals surface area contributed by atoms with E-state index < -0.39 is 0 Å². The molecule has 0 heterocycles. The fourth-order valence-electron chi connectivity index (χ4n) is 2.16. The first-order valence-corrected chi connectivity index (χ1v) is 6.44. The van der Waals surface area contributed by atoms with Crippen LogP contribution in [-0.2, 0) is 6.42 Å². The van der Waals surface area contributed by atoms with E-state index in [1.807, 2.05) is 32.0 Å². The minimum absolute atomic E-state index is 0.158. The lowest BCUT2D eigenvalue weighted by molar-refractivity contribution is 0.102. The summed E-state index contributed by atoms with van der Waals surface area (Å²) in [7, 11) is 0. The number of aryl methyl sites for hydroxylation is 2. The van der Waals surface area contributed by atoms with Crippen molar-refractivity contribution in [2.75, 3.05) is 5.32 Å². The van der Waals surface area contributed by atoms with Crippen LogP contribution in [0.5, 0.6) is 0 Å². The van der Waals surface area contributed by atoms with Gasteiger partial charge in [-0.15, -0.1) is 0 Å². The maximum Gasteiger partial charge on any atom is 0.255 e. The highest BCUT2D eigenvalue weighted by atomic mass is 16.1. The second kappa shape index (κ2) is 6.03. The lowest BCUT2D eigenvalue weighted by Gasteiger charge is -2.08. The third-order valence-electron chi connectivity index (χ3n) is 2.95. The van der Waals surface area contributed by atoms with Crippen LogP contribution in [-0.4, -0.2) is 5.91 Å². The summed E-state index contributed by atoms with van der Waals surface area (Å²) in [5.74, 6) is -0.158. The van der Waals surface area contributed by atoms with Gasteiger partial charge >= 0.3 is 0 Å². The Labute approximate surface area is 118 Å². The Kier molecular flexibility index (Phi) is 4.17. The van der Waals surface area contributed by atoms with Crippen molar-refractivity contribution in [2.24, 2.45) is 0 Å². The number of anilines is 1. The third-order valence-corrected chi connectivity index (χ3v) is 2.95. The van der Waals surface area contributed by atoms with Crippen LogP contribution in [0.2, 0.25) is 0 Å². The molecule has 0 aliphatic rings. The molecule has 0 atom stereocenters. The Bertz CT molecular complexity index is 663. The van der Waals surface area contributed by atoms with E-state index in [4.69, 9.17) is 5.26 Å². The number of carbonyl (C=O) groups excluding carboxylic acids is 1. The fourth-order valence-corrected chi connectivity index (χ4v) is 2.16. The summed E-state index contributed by atoms with van der Waals surface area (Å²) in [4.78, 5) is 12.2. The van der Waals surface area contributed by atoms with Gasteiger partial charge in [-0.3, -0.25) is 4.79 Å². The number of hydrogen-bond donors (Lipinski definition) is 1. The summed E-state index contributed by atoms with van der Waals surface area (Å²) < 4.78 is 0. The smallest absolute Gasteiger partial charge is 0.255 e. The molecule has 0 aromatic heterocycles. The number of benzene rings is 2. The summed E-state index contributed by atoms with van der Waals surface area (Å²) in [6.07, 6.45) is 0.310. The van der Waals surface area contributed by atoms with Gasteiger partial charge in [0, 0.05) is 11.3 Å². The summed E-state index contributed by atoms with van der Waals surface area (Å²) in [6, 6.07) is 15.1. The van der Waals surface area contributed by atoms with Gasteiger partial charge in [0.25, 0.3) is 5.91 Å². The molecular weight excluding hydrogens is 248 g/mol. The molecule has 0 saturated heterocycles. The van der Waals surface area contributed by atoms with Crippen LogP contribution in [0.25, 0.3) is 0 Å². The van der Waals surface area contributed by atoms with E-state index in [9.17, 15) is 4.79 Å². The molecule has 0 unspecified atom stereocenters. The second-order valence-corrected chi connectivity index (χ2v) is 4.87. The number of rotatable bonds is 3. The van der Waals surface area contributed by atoms with Crippen molar-refractivity contribution in [3.8, 4) is 6.07 Å². The molecule has 1 amide bonds. The monoisotopic (exact) mass is 264 g/mol. The molecule has 0 aliphatic carbocycles. The van der Waals surface area contributed by atoms with Gasteiger partial charge in [-0.05, 0) is 54.8 Å². The predicted octanol–water partition coefficient (Wildman–Crippen LogP) is 3.62. The largest absolute Gasteiger partial charge is 0.322 e. The highest BCUT2D eigenvalue weighted by Crippen LogP contribution is 2.15. The van der Waals surface area contributed by atoms with Crippen LogP contribution in [0.1, 0.15) is 27.0 Å². The normalized spacial score (nSPS) is 9.85. The quantitative estimate of drug-likeness (QED) is 0.920. The van der Waals surface area contributed by atoms with Gasteiger partial charge in [0.05, 0.1) is 12.5 Å². The van der Waals surface area contributed by atoms with Crippen LogP contribution in [0.15, 0.2) is 42.5 Å². The van der Waals surface area contributed by atoms with Gasteiger partial charge in [0.15, 0.2) is 0 Å². The minimum Gasteiger partial charge on any atom is -0.322 e. The zero-order valence-corrected chi connectivity index (χ0v) is 11.6. The number of amides is 1. The summed E-state index contributed by atoms with van der Waals surface area (Å²) in [5.41, 5.74) is 4.42. The lowest BCUT2D eigenvalue weighted by atomic mass is 10.1. The maximum absolute atomic E-state index is 12.2. The van der Waals surface area contributed by atoms with Gasteiger partial charge in [-0.1, -0.05) is 18.2 Å². The molecule has 2 aromatic carbocycles. The molecule has 0 bridgehead atoms. The van der Waals surface area contributed by atoms with Gasteiger partial charge in [0.1, 0.15) is 0 Å². The summed E-state index contributed by atoms with van der Waals surface area (Å²) in [6.45, 7) is 3.99. The number of nitriles is 1. The Morgan fingerprint density at radius 1 is 1.15 bits per heavy atom. The molecule has 3 nitrogen and oxygen atoms in total. The Balaban J connectivity index is 2.19. The molecular formula is C17H16N2O. The molecule has 2 rings (SSSR count). The average Bonchev–Trinajstić information content (AvgIpc) is 2.38. The van der Waals surface area contributed by atoms with E-state index in [2.05, 4.69) is 17.5 Å². The molecule has 0 radical (unpaired) electrons. The lowest BCUT2D eigenvalue weighted by Crippen LogP contribution is -2.12. The standard InChI is InChI=1S/C17H16N2O/c1-12-8-13(2)10-16(9-12)19-17(20)15-5-3-4-14(11-15)6-7-18/h3-5,8-11H,6H2,1-2H3,(H,19,20). The first kappa shape index (κ1) is 13.8. The number of hydrogen-bond acceptors (Lipinski definition) is 2. The van der Waals surface area contributed by atoms with Crippen LogP contribution in [0.4, 0.5) is 5.69 Å². The molecule has 100 valence electrons. The van der Waals surface area contributed by atoms with Gasteiger partial charge < -0.3 is 5.32 Å². The van der Waals surface area contributed by atoms with E-state index in [0.29, 0.717) is 12.0 Å². The van der Waals surface area contributed by atoms with Crippen LogP contribution in [0.3, 0.4) is 0 Å². The molecule has 0 saturated carbocycles. The Hall–Kier alpha value is -2.60. The van der Waals surface area contributed by atoms with Gasteiger partial charge in [0.2, 0.25) is 0 Å². The SMILES string of the molecule is Cc1cc(C)cc(NC(=O)c2cccc(CC#N)c2)c1. The predicted molar refractivity (Wildman–Crippen MR) is 79.6 cm³/mol. The van der Waals surface area contributed by atoms with Crippen molar-refractivity contribution in [1.29, 1.82) is 5.26 Å². The molecule has 3 heteroatoms. The molecule has 0 aliphatic heterocycles. The maximum atomic E-state index is 12.2. The number of carbonyl (C=O) groups is 1. The summed E-state index contributed by atoms with van der Waals surface area (Å²) in [5, 5.41) is 11.6. The van der Waals surface area contributed by atoms with Gasteiger partial charge in [-0.25, -0.2) is 0 Å². The second-order valence-electron chi connectivity index (χ2n) is 4.87. The average molecular weight is 264 g/mol. The fraction of sp³-hybridized carbons (Fsp3) is 0.176. The van der Waals surface area contributed by atoms with E-state index in [-0.39, 0.29) is 5.91 Å². The van der Waals surface area contributed by atoms with Gasteiger partial charge in [-0.2, -0.15) is 5.26 Å². The van der Waals surface area contributed by atoms with Crippen LogP contribution < -0.4 is 5.32 Å². The third kappa shape index (κ3) is 3.46. The van der Waals surface area contributed by atoms with E-state index in [1.165, 1.54) is 0 Å². The zero-order valence-electron chi connectivity index (χ0n) is 11.6. The molecule has 0 spiro atoms. The van der Waals surface area contributed by atoms with E-state index in [0.717, 1.165) is 22.4 Å². The minimum atomic E-state index is -0.158. The van der Waals surface area contributed by atoms with Crippen molar-refractivity contribution in [2.45, 2.75) is 20.3 Å². The highest BCUT2D eigenvalue weighted by molar-refractivity contribution is 6.04. The number of nitrogens with one attached hydrogen (secondary N) is 1. The first-order chi connectivity index (χ1) is 9.58. The van der Waals surface area contributed by atoms with E-state index >= 15 is 0 Å². The summed E-state index contributed by atoms with van der Waals surface area (Å²) >= 11 is 0. The van der Waals surface area contributed by atoms with Crippen molar-refractivity contribution in [1.82, 2.24) is 0 Å². The van der Waals surface area contributed by atoms with Crippen molar-refractivity contribution < 1.29 is 4.79 Å². The zero-order chi connectivity index (χ0) is 14.5. The first-order valence-electron chi connectivity index (χ1n) is 6.44. The molecule has 0 fully saturated rings. The highest BCUT2D eigenvalue weighted by Gasteiger charge is 2.07. The molecule has 1 N–H and O–H groups in total. The van der Waals surface area contributed by atoms with E-state index in [1.54, 1.807) is 18.2 Å². The molecule has 20 heavy (non-hydrogen) atoms. The van der Waals surface area contributed by atoms with Crippen LogP contribution in [0, 0.1) is 25.2 Å². The van der Waals surface area contributed by atoms with Crippen LogP contribution >= 0.6 is 0 Å². The van der Waals surface area contributed by atoms with Crippen molar-refractivity contribution >= 4 is 11.6 Å². The van der Waals surface area contributed by atoms with Crippen molar-refractivity contribution in [3.63, 3.8) is 0 Å². The number of nitrogens with zero attached hydrogens (tertiary/aromatic N) is 1.